The van der Waals surface area contributed by atoms with Crippen molar-refractivity contribution in [3.05, 3.63) is 40.4 Å². The average molecular weight is 263 g/mol. The van der Waals surface area contributed by atoms with Gasteiger partial charge in [-0.15, -0.1) is 0 Å². The van der Waals surface area contributed by atoms with Gasteiger partial charge in [-0.25, -0.2) is 4.98 Å². The van der Waals surface area contributed by atoms with Gasteiger partial charge in [0.1, 0.15) is 0 Å². The Hall–Kier alpha value is -2.25. The van der Waals surface area contributed by atoms with Gasteiger partial charge in [0.15, 0.2) is 0 Å². The van der Waals surface area contributed by atoms with Crippen molar-refractivity contribution in [3.63, 3.8) is 0 Å². The third kappa shape index (κ3) is 2.95. The number of aliphatic hydroxyl groups is 2. The fraction of sp³-hybridized carbons (Fsp3) is 0.250. The molecule has 2 rings (SSSR count). The molecule has 0 amide bonds. The van der Waals surface area contributed by atoms with Gasteiger partial charge in [0.2, 0.25) is 5.82 Å². The number of rotatable bonds is 5. The third-order valence-electron chi connectivity index (χ3n) is 2.62. The summed E-state index contributed by atoms with van der Waals surface area (Å²) in [4.78, 5) is 14.6. The summed E-state index contributed by atoms with van der Waals surface area (Å²) in [6.07, 6.45) is -0.993. The third-order valence-corrected chi connectivity index (χ3v) is 2.62. The number of pyridine rings is 1. The largest absolute Gasteiger partial charge is 0.394 e. The zero-order chi connectivity index (χ0) is 13.8. The van der Waals surface area contributed by atoms with E-state index in [1.54, 1.807) is 24.3 Å². The summed E-state index contributed by atoms with van der Waals surface area (Å²) < 4.78 is 0. The van der Waals surface area contributed by atoms with Gasteiger partial charge in [-0.1, -0.05) is 18.2 Å². The lowest BCUT2D eigenvalue weighted by Crippen LogP contribution is -2.23. The fourth-order valence-corrected chi connectivity index (χ4v) is 1.65. The van der Waals surface area contributed by atoms with Crippen molar-refractivity contribution in [1.29, 1.82) is 0 Å². The molecule has 1 heterocycles. The molecule has 1 aromatic heterocycles. The van der Waals surface area contributed by atoms with Crippen molar-refractivity contribution in [3.8, 4) is 0 Å². The fourth-order valence-electron chi connectivity index (χ4n) is 1.65. The summed E-state index contributed by atoms with van der Waals surface area (Å²) in [5.74, 6) is 0.0798. The summed E-state index contributed by atoms with van der Waals surface area (Å²) in [6, 6.07) is 8.47. The van der Waals surface area contributed by atoms with Crippen LogP contribution in [0.4, 0.5) is 11.5 Å². The predicted molar refractivity (Wildman–Crippen MR) is 70.0 cm³/mol. The molecule has 0 bridgehead atoms. The quantitative estimate of drug-likeness (QED) is 0.546. The molecule has 1 atom stereocenters. The van der Waals surface area contributed by atoms with Gasteiger partial charge in [0.25, 0.3) is 0 Å². The second-order valence-corrected chi connectivity index (χ2v) is 4.02. The number of hydrogen-bond donors (Lipinski definition) is 3. The van der Waals surface area contributed by atoms with E-state index >= 15 is 0 Å². The lowest BCUT2D eigenvalue weighted by molar-refractivity contribution is -0.384. The molecule has 0 fully saturated rings. The van der Waals surface area contributed by atoms with Gasteiger partial charge in [-0.2, -0.15) is 0 Å². The predicted octanol–water partition coefficient (Wildman–Crippen LogP) is 0.908. The molecule has 0 radical (unpaired) electrons. The standard InChI is InChI=1S/C12H13N3O4/c16-7-9(17)6-13-12-11(15(18)19)5-8-3-1-2-4-10(8)14-12/h1-5,9,16-17H,6-7H2,(H,13,14)/t9-/m0/s1. The van der Waals surface area contributed by atoms with E-state index in [1.165, 1.54) is 6.07 Å². The highest BCUT2D eigenvalue weighted by atomic mass is 16.6. The molecule has 3 N–H and O–H groups in total. The first-order chi connectivity index (χ1) is 9.11. The number of nitro groups is 1. The Morgan fingerprint density at radius 1 is 1.42 bits per heavy atom. The second kappa shape index (κ2) is 5.59. The zero-order valence-corrected chi connectivity index (χ0v) is 9.98. The second-order valence-electron chi connectivity index (χ2n) is 4.02. The number of hydrogen-bond acceptors (Lipinski definition) is 6. The molecule has 100 valence electrons. The first-order valence-electron chi connectivity index (χ1n) is 5.69. The summed E-state index contributed by atoms with van der Waals surface area (Å²) in [7, 11) is 0. The van der Waals surface area contributed by atoms with E-state index in [9.17, 15) is 15.2 Å². The van der Waals surface area contributed by atoms with Crippen molar-refractivity contribution in [2.24, 2.45) is 0 Å². The number of aromatic nitrogens is 1. The number of anilines is 1. The number of benzene rings is 1. The Labute approximate surface area is 108 Å². The number of aliphatic hydroxyl groups excluding tert-OH is 2. The number of nitrogens with one attached hydrogen (secondary N) is 1. The normalized spacial score (nSPS) is 12.3. The summed E-state index contributed by atoms with van der Waals surface area (Å²) in [6.45, 7) is -0.433. The molecule has 7 nitrogen and oxygen atoms in total. The van der Waals surface area contributed by atoms with Crippen molar-refractivity contribution >= 4 is 22.4 Å². The molecule has 0 unspecified atom stereocenters. The molecule has 0 aliphatic rings. The van der Waals surface area contributed by atoms with E-state index in [0.29, 0.717) is 10.9 Å². The van der Waals surface area contributed by atoms with Crippen molar-refractivity contribution < 1.29 is 15.1 Å². The Kier molecular flexibility index (Phi) is 3.88. The molecule has 0 saturated carbocycles. The smallest absolute Gasteiger partial charge is 0.312 e. The molecule has 0 spiro atoms. The van der Waals surface area contributed by atoms with Crippen molar-refractivity contribution in [1.82, 2.24) is 4.98 Å². The molecule has 0 saturated heterocycles. The van der Waals surface area contributed by atoms with Gasteiger partial charge in [-0.3, -0.25) is 10.1 Å². The van der Waals surface area contributed by atoms with Crippen LogP contribution in [-0.4, -0.2) is 39.4 Å². The monoisotopic (exact) mass is 263 g/mol. The number of nitrogens with zero attached hydrogens (tertiary/aromatic N) is 2. The maximum Gasteiger partial charge on any atom is 0.312 e. The van der Waals surface area contributed by atoms with Crippen LogP contribution >= 0.6 is 0 Å². The van der Waals surface area contributed by atoms with E-state index < -0.39 is 17.6 Å². The average Bonchev–Trinajstić information content (AvgIpc) is 2.43. The minimum absolute atomic E-state index is 0.0112. The first kappa shape index (κ1) is 13.2. The van der Waals surface area contributed by atoms with E-state index in [4.69, 9.17) is 5.11 Å². The van der Waals surface area contributed by atoms with Gasteiger partial charge >= 0.3 is 5.69 Å². The molecule has 2 aromatic rings. The van der Waals surface area contributed by atoms with Gasteiger partial charge in [0, 0.05) is 18.0 Å². The van der Waals surface area contributed by atoms with Crippen molar-refractivity contribution in [2.75, 3.05) is 18.5 Å². The van der Waals surface area contributed by atoms with Crippen LogP contribution < -0.4 is 5.32 Å². The van der Waals surface area contributed by atoms with E-state index in [0.717, 1.165) is 0 Å². The number of fused-ring (bicyclic) bond motifs is 1. The molecule has 1 aromatic carbocycles. The zero-order valence-electron chi connectivity index (χ0n) is 9.98. The summed E-state index contributed by atoms with van der Waals surface area (Å²) in [5, 5.41) is 32.3. The van der Waals surface area contributed by atoms with Crippen LogP contribution in [0.2, 0.25) is 0 Å². The highest BCUT2D eigenvalue weighted by molar-refractivity contribution is 5.84. The SMILES string of the molecule is O=[N+]([O-])c1cc2ccccc2nc1NC[C@H](O)CO. The lowest BCUT2D eigenvalue weighted by Gasteiger charge is -2.10. The van der Waals surface area contributed by atoms with Crippen molar-refractivity contribution in [2.45, 2.75) is 6.10 Å². The van der Waals surface area contributed by atoms with Crippen LogP contribution in [0.15, 0.2) is 30.3 Å². The van der Waals surface area contributed by atoms with Gasteiger partial charge in [-0.05, 0) is 6.07 Å². The Morgan fingerprint density at radius 3 is 2.84 bits per heavy atom. The molecule has 7 heteroatoms. The minimum atomic E-state index is -0.993. The highest BCUT2D eigenvalue weighted by Crippen LogP contribution is 2.26. The van der Waals surface area contributed by atoms with Crippen LogP contribution in [0.25, 0.3) is 10.9 Å². The van der Waals surface area contributed by atoms with Crippen LogP contribution in [0, 0.1) is 10.1 Å². The van der Waals surface area contributed by atoms with Crippen LogP contribution in [0.1, 0.15) is 0 Å². The molecule has 0 aliphatic carbocycles. The summed E-state index contributed by atoms with van der Waals surface area (Å²) in [5.41, 5.74) is 0.456. The molecular formula is C12H13N3O4. The Morgan fingerprint density at radius 2 is 2.16 bits per heavy atom. The molecule has 19 heavy (non-hydrogen) atoms. The number of para-hydroxylation sites is 1. The van der Waals surface area contributed by atoms with E-state index in [1.807, 2.05) is 0 Å². The minimum Gasteiger partial charge on any atom is -0.394 e. The van der Waals surface area contributed by atoms with E-state index in [2.05, 4.69) is 10.3 Å². The summed E-state index contributed by atoms with van der Waals surface area (Å²) >= 11 is 0. The Bertz CT molecular complexity index is 603. The molecule has 0 aliphatic heterocycles. The van der Waals surface area contributed by atoms with E-state index in [-0.39, 0.29) is 18.1 Å². The van der Waals surface area contributed by atoms with Gasteiger partial charge in [0.05, 0.1) is 23.2 Å². The topological polar surface area (TPSA) is 109 Å². The van der Waals surface area contributed by atoms with Crippen LogP contribution in [0.5, 0.6) is 0 Å². The lowest BCUT2D eigenvalue weighted by atomic mass is 10.2. The van der Waals surface area contributed by atoms with Gasteiger partial charge < -0.3 is 15.5 Å². The maximum absolute atomic E-state index is 11.0. The van der Waals surface area contributed by atoms with Crippen LogP contribution in [-0.2, 0) is 0 Å². The van der Waals surface area contributed by atoms with Crippen LogP contribution in [0.3, 0.4) is 0 Å². The maximum atomic E-state index is 11.0. The highest BCUT2D eigenvalue weighted by Gasteiger charge is 2.17. The first-order valence-corrected chi connectivity index (χ1v) is 5.69. The Balaban J connectivity index is 2.39. The molecular weight excluding hydrogens is 250 g/mol.